The van der Waals surface area contributed by atoms with Crippen LogP contribution in [0.25, 0.3) is 6.08 Å². The summed E-state index contributed by atoms with van der Waals surface area (Å²) in [6.45, 7) is 0. The Morgan fingerprint density at radius 2 is 1.89 bits per heavy atom. The smallest absolute Gasteiger partial charge is 0.267 e. The van der Waals surface area contributed by atoms with Crippen LogP contribution >= 0.6 is 11.8 Å². The lowest BCUT2D eigenvalue weighted by Gasteiger charge is -2.20. The number of phenolic OH excluding ortho intramolecular Hbond substituents is 1. The molecule has 1 amide bonds. The summed E-state index contributed by atoms with van der Waals surface area (Å²) < 4.78 is 0. The molecule has 0 spiro atoms. The molecule has 0 bridgehead atoms. The van der Waals surface area contributed by atoms with Crippen LogP contribution in [-0.2, 0) is 4.79 Å². The van der Waals surface area contributed by atoms with Crippen LogP contribution in [0.1, 0.15) is 24.0 Å². The van der Waals surface area contributed by atoms with E-state index in [-0.39, 0.29) is 17.7 Å². The van der Waals surface area contributed by atoms with E-state index >= 15 is 0 Å². The van der Waals surface area contributed by atoms with Gasteiger partial charge < -0.3 is 5.11 Å². The van der Waals surface area contributed by atoms with Crippen molar-refractivity contribution in [3.05, 3.63) is 82.8 Å². The number of carbonyl (C=O) groups is 1. The van der Waals surface area contributed by atoms with Gasteiger partial charge in [-0.25, -0.2) is 0 Å². The van der Waals surface area contributed by atoms with Crippen molar-refractivity contribution in [2.75, 3.05) is 0 Å². The first-order valence-corrected chi connectivity index (χ1v) is 9.88. The summed E-state index contributed by atoms with van der Waals surface area (Å²) in [6.07, 6.45) is 9.31. The van der Waals surface area contributed by atoms with Crippen LogP contribution in [-0.4, -0.2) is 33.3 Å². The predicted octanol–water partition coefficient (Wildman–Crippen LogP) is 4.42. The van der Waals surface area contributed by atoms with Crippen LogP contribution in [0.5, 0.6) is 5.75 Å². The molecule has 1 saturated heterocycles. The average Bonchev–Trinajstić information content (AvgIpc) is 3.33. The van der Waals surface area contributed by atoms with E-state index in [4.69, 9.17) is 0 Å². The Morgan fingerprint density at radius 3 is 2.64 bits per heavy atom. The van der Waals surface area contributed by atoms with Crippen molar-refractivity contribution < 1.29 is 9.90 Å². The number of rotatable bonds is 4. The molecule has 1 atom stereocenters. The third-order valence-electron chi connectivity index (χ3n) is 4.53. The van der Waals surface area contributed by atoms with Gasteiger partial charge in [0.05, 0.1) is 17.2 Å². The maximum absolute atomic E-state index is 13.0. The van der Waals surface area contributed by atoms with Crippen LogP contribution in [0.2, 0.25) is 0 Å². The highest BCUT2D eigenvalue weighted by molar-refractivity contribution is 8.18. The number of para-hydroxylation sites is 1. The summed E-state index contributed by atoms with van der Waals surface area (Å²) >= 11 is 1.28. The van der Waals surface area contributed by atoms with E-state index in [0.717, 1.165) is 18.4 Å². The zero-order valence-electron chi connectivity index (χ0n) is 15.1. The summed E-state index contributed by atoms with van der Waals surface area (Å²) in [6, 6.07) is 16.6. The summed E-state index contributed by atoms with van der Waals surface area (Å²) in [5, 5.41) is 19.1. The number of thioether (sulfide) groups is 1. The molecular formula is C22H19N3O2S. The van der Waals surface area contributed by atoms with Gasteiger partial charge in [-0.15, -0.1) is 5.10 Å². The molecule has 1 aliphatic carbocycles. The number of hydrogen-bond acceptors (Lipinski definition) is 5. The standard InChI is InChI=1S/C22H19N3O2S/c26-19-13-7-4-10-17(19)14-20-21(27)25(18-11-5-6-12-18)22(28-20)24-23-15-16-8-2-1-3-9-16/h1-5,7-11,13-15,18,26H,6,12H2/b20-14+,23-15+,24-22-. The minimum atomic E-state index is -0.113. The molecule has 1 heterocycles. The Bertz CT molecular complexity index is 996. The van der Waals surface area contributed by atoms with Crippen LogP contribution < -0.4 is 0 Å². The Kier molecular flexibility index (Phi) is 5.39. The van der Waals surface area contributed by atoms with E-state index in [9.17, 15) is 9.90 Å². The van der Waals surface area contributed by atoms with E-state index < -0.39 is 0 Å². The highest BCUT2D eigenvalue weighted by atomic mass is 32.2. The zero-order chi connectivity index (χ0) is 19.3. The number of amides is 1. The largest absolute Gasteiger partial charge is 0.507 e. The molecular weight excluding hydrogens is 370 g/mol. The first kappa shape index (κ1) is 18.3. The lowest BCUT2D eigenvalue weighted by molar-refractivity contribution is -0.123. The van der Waals surface area contributed by atoms with Gasteiger partial charge in [0, 0.05) is 5.56 Å². The molecule has 4 rings (SSSR count). The van der Waals surface area contributed by atoms with E-state index in [2.05, 4.69) is 16.3 Å². The van der Waals surface area contributed by atoms with Gasteiger partial charge in [-0.1, -0.05) is 60.7 Å². The summed E-state index contributed by atoms with van der Waals surface area (Å²) in [4.78, 5) is 15.3. The number of carbonyl (C=O) groups excluding carboxylic acids is 1. The van der Waals surface area contributed by atoms with Crippen molar-refractivity contribution in [3.8, 4) is 5.75 Å². The van der Waals surface area contributed by atoms with Crippen LogP contribution in [0.3, 0.4) is 0 Å². The molecule has 0 aromatic heterocycles. The topological polar surface area (TPSA) is 65.3 Å². The van der Waals surface area contributed by atoms with Gasteiger partial charge >= 0.3 is 0 Å². The second kappa shape index (κ2) is 8.27. The molecule has 0 radical (unpaired) electrons. The van der Waals surface area contributed by atoms with Crippen molar-refractivity contribution in [3.63, 3.8) is 0 Å². The van der Waals surface area contributed by atoms with E-state index in [1.807, 2.05) is 42.5 Å². The van der Waals surface area contributed by atoms with E-state index in [1.54, 1.807) is 35.4 Å². The molecule has 2 aliphatic rings. The maximum atomic E-state index is 13.0. The number of aromatic hydroxyl groups is 1. The van der Waals surface area contributed by atoms with Crippen molar-refractivity contribution in [1.82, 2.24) is 4.90 Å². The zero-order valence-corrected chi connectivity index (χ0v) is 15.9. The quantitative estimate of drug-likeness (QED) is 0.364. The minimum absolute atomic E-state index is 0.0130. The van der Waals surface area contributed by atoms with Crippen molar-refractivity contribution in [2.24, 2.45) is 10.2 Å². The average molecular weight is 389 g/mol. The second-order valence-corrected chi connectivity index (χ2v) is 7.46. The lowest BCUT2D eigenvalue weighted by atomic mass is 10.1. The normalized spacial score (nSPS) is 22.2. The molecule has 1 unspecified atom stereocenters. The summed E-state index contributed by atoms with van der Waals surface area (Å²) in [5.41, 5.74) is 1.55. The Hall–Kier alpha value is -3.12. The fraction of sp³-hybridized carbons (Fsp3) is 0.136. The van der Waals surface area contributed by atoms with Gasteiger partial charge in [-0.2, -0.15) is 5.10 Å². The molecule has 5 nitrogen and oxygen atoms in total. The molecule has 1 fully saturated rings. The van der Waals surface area contributed by atoms with Crippen molar-refractivity contribution >= 4 is 35.1 Å². The minimum Gasteiger partial charge on any atom is -0.507 e. The Balaban J connectivity index is 1.64. The number of phenols is 1. The highest BCUT2D eigenvalue weighted by Crippen LogP contribution is 2.37. The molecule has 1 N–H and O–H groups in total. The first-order chi connectivity index (χ1) is 13.7. The fourth-order valence-electron chi connectivity index (χ4n) is 3.12. The second-order valence-electron chi connectivity index (χ2n) is 6.46. The molecule has 28 heavy (non-hydrogen) atoms. The van der Waals surface area contributed by atoms with Crippen LogP contribution in [0, 0.1) is 0 Å². The van der Waals surface area contributed by atoms with E-state index in [0.29, 0.717) is 15.6 Å². The van der Waals surface area contributed by atoms with Gasteiger partial charge in [-0.3, -0.25) is 9.69 Å². The number of hydrogen-bond donors (Lipinski definition) is 1. The SMILES string of the molecule is O=C1/C(=C\c2ccccc2O)S/C(=N\N=C\c2ccccc2)N1C1C=CCC1. The predicted molar refractivity (Wildman–Crippen MR) is 114 cm³/mol. The molecule has 2 aromatic rings. The molecule has 6 heteroatoms. The first-order valence-electron chi connectivity index (χ1n) is 9.06. The lowest BCUT2D eigenvalue weighted by Crippen LogP contribution is -2.37. The Labute approximate surface area is 167 Å². The molecule has 140 valence electrons. The van der Waals surface area contributed by atoms with Gasteiger partial charge in [0.2, 0.25) is 0 Å². The summed E-state index contributed by atoms with van der Waals surface area (Å²) in [5.74, 6) is 0.0293. The molecule has 2 aromatic carbocycles. The maximum Gasteiger partial charge on any atom is 0.267 e. The van der Waals surface area contributed by atoms with Gasteiger partial charge in [-0.05, 0) is 42.3 Å². The number of nitrogens with zero attached hydrogens (tertiary/aromatic N) is 3. The monoisotopic (exact) mass is 389 g/mol. The van der Waals surface area contributed by atoms with Crippen LogP contribution in [0.4, 0.5) is 0 Å². The molecule has 0 saturated carbocycles. The van der Waals surface area contributed by atoms with Gasteiger partial charge in [0.25, 0.3) is 5.91 Å². The third-order valence-corrected chi connectivity index (χ3v) is 5.50. The van der Waals surface area contributed by atoms with Crippen LogP contribution in [0.15, 0.2) is 81.9 Å². The Morgan fingerprint density at radius 1 is 1.11 bits per heavy atom. The molecule has 1 aliphatic heterocycles. The third kappa shape index (κ3) is 3.92. The van der Waals surface area contributed by atoms with Crippen molar-refractivity contribution in [2.45, 2.75) is 18.9 Å². The van der Waals surface area contributed by atoms with E-state index in [1.165, 1.54) is 11.8 Å². The number of benzene rings is 2. The number of allylic oxidation sites excluding steroid dienone is 1. The van der Waals surface area contributed by atoms with Crippen molar-refractivity contribution in [1.29, 1.82) is 0 Å². The highest BCUT2D eigenvalue weighted by Gasteiger charge is 2.38. The van der Waals surface area contributed by atoms with Gasteiger partial charge in [0.15, 0.2) is 5.17 Å². The number of amidine groups is 1. The van der Waals surface area contributed by atoms with Gasteiger partial charge in [0.1, 0.15) is 5.75 Å². The summed E-state index contributed by atoms with van der Waals surface area (Å²) in [7, 11) is 0. The fourth-order valence-corrected chi connectivity index (χ4v) is 4.09.